The van der Waals surface area contributed by atoms with Gasteiger partial charge < -0.3 is 19.5 Å². The summed E-state index contributed by atoms with van der Waals surface area (Å²) in [6, 6.07) is 19.0. The maximum Gasteiger partial charge on any atom is 0.338 e. The molecule has 1 saturated heterocycles. The van der Waals surface area contributed by atoms with Gasteiger partial charge in [0.25, 0.3) is 0 Å². The summed E-state index contributed by atoms with van der Waals surface area (Å²) in [4.78, 5) is 25.3. The SMILES string of the molecule is O=C(OC1CN(C(=O)[O-])CCC1c1ccc(F)cc1)c1ccc2ccccc2c1. The van der Waals surface area contributed by atoms with Crippen molar-refractivity contribution < 1.29 is 23.8 Å². The zero-order valence-corrected chi connectivity index (χ0v) is 15.6. The van der Waals surface area contributed by atoms with Crippen molar-refractivity contribution in [3.63, 3.8) is 0 Å². The van der Waals surface area contributed by atoms with Gasteiger partial charge in [0.1, 0.15) is 18.0 Å². The lowest BCUT2D eigenvalue weighted by Gasteiger charge is -2.39. The van der Waals surface area contributed by atoms with Crippen LogP contribution in [0, 0.1) is 5.82 Å². The highest BCUT2D eigenvalue weighted by atomic mass is 19.1. The number of benzene rings is 3. The van der Waals surface area contributed by atoms with Gasteiger partial charge in [0.05, 0.1) is 12.1 Å². The molecule has 1 aliphatic heterocycles. The monoisotopic (exact) mass is 392 g/mol. The Bertz CT molecular complexity index is 1050. The minimum absolute atomic E-state index is 0.0176. The van der Waals surface area contributed by atoms with E-state index in [4.69, 9.17) is 4.74 Å². The van der Waals surface area contributed by atoms with Gasteiger partial charge in [0.2, 0.25) is 0 Å². The van der Waals surface area contributed by atoms with Crippen LogP contribution in [-0.4, -0.2) is 36.2 Å². The van der Waals surface area contributed by atoms with Crippen LogP contribution in [0.15, 0.2) is 66.7 Å². The smallest absolute Gasteiger partial charge is 0.338 e. The van der Waals surface area contributed by atoms with E-state index in [1.54, 1.807) is 24.3 Å². The third-order valence-electron chi connectivity index (χ3n) is 5.36. The first-order valence-electron chi connectivity index (χ1n) is 9.42. The normalized spacial score (nSPS) is 19.1. The fourth-order valence-electron chi connectivity index (χ4n) is 3.81. The topological polar surface area (TPSA) is 69.7 Å². The Morgan fingerprint density at radius 3 is 2.45 bits per heavy atom. The molecule has 1 aliphatic rings. The maximum absolute atomic E-state index is 13.3. The lowest BCUT2D eigenvalue weighted by atomic mass is 9.87. The molecule has 1 fully saturated rings. The van der Waals surface area contributed by atoms with Gasteiger partial charge in [-0.05, 0) is 47.0 Å². The number of carbonyl (C=O) groups excluding carboxylic acids is 2. The average Bonchev–Trinajstić information content (AvgIpc) is 2.74. The van der Waals surface area contributed by atoms with Crippen molar-refractivity contribution in [2.24, 2.45) is 0 Å². The molecule has 1 heterocycles. The molecule has 148 valence electrons. The van der Waals surface area contributed by atoms with Gasteiger partial charge in [-0.2, -0.15) is 0 Å². The molecule has 3 aromatic carbocycles. The second-order valence-electron chi connectivity index (χ2n) is 7.16. The zero-order valence-electron chi connectivity index (χ0n) is 15.6. The Morgan fingerprint density at radius 2 is 1.72 bits per heavy atom. The number of halogens is 1. The van der Waals surface area contributed by atoms with Crippen molar-refractivity contribution in [2.75, 3.05) is 13.1 Å². The number of piperidine rings is 1. The van der Waals surface area contributed by atoms with Gasteiger partial charge in [-0.15, -0.1) is 0 Å². The molecule has 0 aromatic heterocycles. The predicted octanol–water partition coefficient (Wildman–Crippen LogP) is 3.34. The molecule has 2 unspecified atom stereocenters. The van der Waals surface area contributed by atoms with E-state index in [2.05, 4.69) is 0 Å². The lowest BCUT2D eigenvalue weighted by molar-refractivity contribution is -0.268. The number of amides is 1. The van der Waals surface area contributed by atoms with Crippen molar-refractivity contribution in [1.29, 1.82) is 0 Å². The molecule has 2 atom stereocenters. The number of fused-ring (bicyclic) bond motifs is 1. The van der Waals surface area contributed by atoms with E-state index in [0.29, 0.717) is 12.0 Å². The second kappa shape index (κ2) is 7.91. The van der Waals surface area contributed by atoms with Crippen LogP contribution < -0.4 is 5.11 Å². The van der Waals surface area contributed by atoms with Crippen molar-refractivity contribution in [2.45, 2.75) is 18.4 Å². The van der Waals surface area contributed by atoms with Gasteiger partial charge in [-0.1, -0.05) is 42.5 Å². The molecule has 0 aliphatic carbocycles. The van der Waals surface area contributed by atoms with E-state index >= 15 is 0 Å². The summed E-state index contributed by atoms with van der Waals surface area (Å²) in [7, 11) is 0. The quantitative estimate of drug-likeness (QED) is 0.641. The van der Waals surface area contributed by atoms with Crippen molar-refractivity contribution in [3.8, 4) is 0 Å². The summed E-state index contributed by atoms with van der Waals surface area (Å²) in [6.07, 6.45) is -1.53. The van der Waals surface area contributed by atoms with E-state index < -0.39 is 18.2 Å². The van der Waals surface area contributed by atoms with Crippen LogP contribution in [0.3, 0.4) is 0 Å². The highest BCUT2D eigenvalue weighted by Crippen LogP contribution is 2.31. The Hall–Kier alpha value is -3.41. The average molecular weight is 392 g/mol. The van der Waals surface area contributed by atoms with Crippen LogP contribution in [-0.2, 0) is 4.74 Å². The largest absolute Gasteiger partial charge is 0.530 e. The third kappa shape index (κ3) is 4.06. The predicted molar refractivity (Wildman–Crippen MR) is 104 cm³/mol. The highest BCUT2D eigenvalue weighted by Gasteiger charge is 2.33. The summed E-state index contributed by atoms with van der Waals surface area (Å²) >= 11 is 0. The molecule has 1 amide bonds. The van der Waals surface area contributed by atoms with Crippen LogP contribution in [0.4, 0.5) is 9.18 Å². The summed E-state index contributed by atoms with van der Waals surface area (Å²) in [5, 5.41) is 13.2. The van der Waals surface area contributed by atoms with Gasteiger partial charge in [0.15, 0.2) is 0 Å². The first kappa shape index (κ1) is 18.9. The van der Waals surface area contributed by atoms with Gasteiger partial charge in [-0.3, -0.25) is 0 Å². The van der Waals surface area contributed by atoms with E-state index in [1.165, 1.54) is 12.1 Å². The van der Waals surface area contributed by atoms with Gasteiger partial charge >= 0.3 is 5.97 Å². The Labute approximate surface area is 167 Å². The van der Waals surface area contributed by atoms with Crippen LogP contribution in [0.1, 0.15) is 28.3 Å². The molecule has 0 saturated carbocycles. The van der Waals surface area contributed by atoms with Gasteiger partial charge in [0, 0.05) is 12.5 Å². The fraction of sp³-hybridized carbons (Fsp3) is 0.217. The molecular formula is C23H19FNO4-. The van der Waals surface area contributed by atoms with Crippen molar-refractivity contribution in [3.05, 3.63) is 83.7 Å². The Balaban J connectivity index is 1.59. The number of carbonyl (C=O) groups is 2. The number of hydrogen-bond acceptors (Lipinski definition) is 4. The lowest BCUT2D eigenvalue weighted by Crippen LogP contribution is -2.51. The minimum Gasteiger partial charge on any atom is -0.530 e. The van der Waals surface area contributed by atoms with Crippen molar-refractivity contribution >= 4 is 22.8 Å². The summed E-state index contributed by atoms with van der Waals surface area (Å²) < 4.78 is 19.0. The third-order valence-corrected chi connectivity index (χ3v) is 5.36. The van der Waals surface area contributed by atoms with E-state index in [9.17, 15) is 19.1 Å². The summed E-state index contributed by atoms with van der Waals surface area (Å²) in [5.74, 6) is -1.10. The number of hydrogen-bond donors (Lipinski definition) is 0. The standard InChI is InChI=1S/C23H20FNO4/c24-19-9-7-16(8-10-19)20-11-12-25(23(27)28)14-21(20)29-22(26)18-6-5-15-3-1-2-4-17(15)13-18/h1-10,13,20-21H,11-12,14H2,(H,27,28)/p-1. The Morgan fingerprint density at radius 1 is 1.00 bits per heavy atom. The molecule has 3 aromatic rings. The zero-order chi connectivity index (χ0) is 20.4. The van der Waals surface area contributed by atoms with Gasteiger partial charge in [-0.25, -0.2) is 9.18 Å². The number of rotatable bonds is 3. The number of nitrogens with zero attached hydrogens (tertiary/aromatic N) is 1. The molecule has 0 spiro atoms. The summed E-state index contributed by atoms with van der Waals surface area (Å²) in [6.45, 7) is 0.290. The molecular weight excluding hydrogens is 373 g/mol. The molecule has 6 heteroatoms. The number of esters is 1. The van der Waals surface area contributed by atoms with Crippen molar-refractivity contribution in [1.82, 2.24) is 4.90 Å². The molecule has 0 bridgehead atoms. The van der Waals surface area contributed by atoms with Crippen LogP contribution >= 0.6 is 0 Å². The minimum atomic E-state index is -1.30. The molecule has 0 radical (unpaired) electrons. The summed E-state index contributed by atoms with van der Waals surface area (Å²) in [5.41, 5.74) is 1.20. The van der Waals surface area contributed by atoms with Crippen LogP contribution in [0.5, 0.6) is 0 Å². The number of carboxylic acid groups (broad SMARTS) is 1. The van der Waals surface area contributed by atoms with E-state index in [1.807, 2.05) is 30.3 Å². The first-order valence-corrected chi connectivity index (χ1v) is 9.42. The fourth-order valence-corrected chi connectivity index (χ4v) is 3.81. The first-order chi connectivity index (χ1) is 14.0. The number of ether oxygens (including phenoxy) is 1. The van der Waals surface area contributed by atoms with E-state index in [0.717, 1.165) is 21.2 Å². The molecule has 0 N–H and O–H groups in total. The second-order valence-corrected chi connectivity index (χ2v) is 7.16. The van der Waals surface area contributed by atoms with E-state index in [-0.39, 0.29) is 24.8 Å². The molecule has 5 nitrogen and oxygen atoms in total. The Kier molecular flexibility index (Phi) is 5.16. The van der Waals surface area contributed by atoms with Crippen LogP contribution in [0.2, 0.25) is 0 Å². The van der Waals surface area contributed by atoms with Crippen LogP contribution in [0.25, 0.3) is 10.8 Å². The maximum atomic E-state index is 13.3. The highest BCUT2D eigenvalue weighted by molar-refractivity contribution is 5.95. The molecule has 29 heavy (non-hydrogen) atoms. The molecule has 4 rings (SSSR count). The number of likely N-dealkylation sites (tertiary alicyclic amines) is 1.